The number of hydrogen-bond donors (Lipinski definition) is 4. The third kappa shape index (κ3) is 8.33. The highest BCUT2D eigenvalue weighted by atomic mass is 16.7. The van der Waals surface area contributed by atoms with Gasteiger partial charge in [-0.25, -0.2) is 0 Å². The number of carbonyl (C=O) groups excluding carboxylic acids is 1. The number of carbonyl (C=O) groups is 1. The molecule has 0 spiro atoms. The summed E-state index contributed by atoms with van der Waals surface area (Å²) in [5, 5.41) is 46.0. The molecule has 4 heterocycles. The van der Waals surface area contributed by atoms with E-state index in [9.17, 15) is 25.2 Å². The number of likely N-dealkylation sites (N-methyl/N-ethyl adjacent to an activating group) is 1. The minimum absolute atomic E-state index is 0.174. The fraction of sp³-hybridized carbons (Fsp3) is 0.921. The van der Waals surface area contributed by atoms with Crippen molar-refractivity contribution < 1.29 is 58.4 Å². The molecule has 3 fully saturated rings. The summed E-state index contributed by atoms with van der Waals surface area (Å²) in [4.78, 5) is 16.2. The van der Waals surface area contributed by atoms with E-state index in [4.69, 9.17) is 33.2 Å². The molecule has 296 valence electrons. The Hall–Kier alpha value is -1.39. The van der Waals surface area contributed by atoms with Crippen LogP contribution in [0.1, 0.15) is 102 Å². The lowest BCUT2D eigenvalue weighted by atomic mass is 9.78. The van der Waals surface area contributed by atoms with Crippen molar-refractivity contribution in [2.45, 2.75) is 186 Å². The minimum Gasteiger partial charge on any atom is -0.489 e. The first-order valence-corrected chi connectivity index (χ1v) is 18.9. The smallest absolute Gasteiger partial charge is 0.311 e. The molecule has 0 amide bonds. The number of hydrogen-bond acceptors (Lipinski definition) is 13. The molecule has 3 saturated heterocycles. The molecule has 4 aliphatic rings. The van der Waals surface area contributed by atoms with Crippen LogP contribution in [0.4, 0.5) is 0 Å². The van der Waals surface area contributed by atoms with E-state index in [1.807, 2.05) is 41.7 Å². The summed E-state index contributed by atoms with van der Waals surface area (Å²) in [6.07, 6.45) is -7.37. The summed E-state index contributed by atoms with van der Waals surface area (Å²) in [6.45, 7) is 20.8. The number of ether oxygens (including phenoxy) is 7. The molecule has 4 aliphatic heterocycles. The van der Waals surface area contributed by atoms with E-state index in [2.05, 4.69) is 4.90 Å². The van der Waals surface area contributed by atoms with Crippen molar-refractivity contribution in [1.29, 1.82) is 0 Å². The highest BCUT2D eigenvalue weighted by molar-refractivity contribution is 5.73. The molecular formula is C38H67NO12. The Morgan fingerprint density at radius 2 is 1.61 bits per heavy atom. The zero-order chi connectivity index (χ0) is 38.4. The Morgan fingerprint density at radius 3 is 2.20 bits per heavy atom. The van der Waals surface area contributed by atoms with E-state index in [0.717, 1.165) is 12.1 Å². The number of aliphatic hydroxyl groups is 4. The van der Waals surface area contributed by atoms with Crippen LogP contribution in [-0.2, 0) is 38.0 Å². The molecule has 13 heteroatoms. The van der Waals surface area contributed by atoms with Crippen LogP contribution in [0.2, 0.25) is 0 Å². The summed E-state index contributed by atoms with van der Waals surface area (Å²) >= 11 is 0. The number of nitrogens with zero attached hydrogens (tertiary/aromatic N) is 1. The van der Waals surface area contributed by atoms with Gasteiger partial charge in [0.15, 0.2) is 12.6 Å². The molecule has 0 aromatic rings. The monoisotopic (exact) mass is 729 g/mol. The number of rotatable bonds is 8. The molecule has 17 atom stereocenters. The van der Waals surface area contributed by atoms with Gasteiger partial charge in [0.05, 0.1) is 35.9 Å². The van der Waals surface area contributed by atoms with Gasteiger partial charge in [-0.15, -0.1) is 0 Å². The van der Waals surface area contributed by atoms with Crippen molar-refractivity contribution in [3.8, 4) is 0 Å². The third-order valence-corrected chi connectivity index (χ3v) is 12.4. The largest absolute Gasteiger partial charge is 0.489 e. The lowest BCUT2D eigenvalue weighted by Crippen LogP contribution is -2.60. The summed E-state index contributed by atoms with van der Waals surface area (Å²) < 4.78 is 44.8. The van der Waals surface area contributed by atoms with Gasteiger partial charge in [-0.1, -0.05) is 27.7 Å². The maximum Gasteiger partial charge on any atom is 0.311 e. The van der Waals surface area contributed by atoms with Crippen molar-refractivity contribution in [1.82, 2.24) is 4.90 Å². The summed E-state index contributed by atoms with van der Waals surface area (Å²) in [7, 11) is 3.49. The van der Waals surface area contributed by atoms with Gasteiger partial charge in [-0.2, -0.15) is 0 Å². The fourth-order valence-electron chi connectivity index (χ4n) is 8.89. The number of methoxy groups -OCH3 is 1. The van der Waals surface area contributed by atoms with Gasteiger partial charge in [0.1, 0.15) is 41.4 Å². The average molecular weight is 730 g/mol. The molecule has 0 aromatic carbocycles. The Labute approximate surface area is 304 Å². The Morgan fingerprint density at radius 1 is 0.961 bits per heavy atom. The van der Waals surface area contributed by atoms with E-state index in [-0.39, 0.29) is 25.0 Å². The van der Waals surface area contributed by atoms with Gasteiger partial charge in [0, 0.05) is 37.8 Å². The van der Waals surface area contributed by atoms with Gasteiger partial charge in [-0.05, 0) is 80.5 Å². The van der Waals surface area contributed by atoms with Crippen LogP contribution in [-0.4, -0.2) is 136 Å². The van der Waals surface area contributed by atoms with Crippen LogP contribution in [0.25, 0.3) is 0 Å². The number of esters is 1. The minimum atomic E-state index is -1.82. The quantitative estimate of drug-likeness (QED) is 0.269. The fourth-order valence-corrected chi connectivity index (χ4v) is 8.89. The lowest BCUT2D eigenvalue weighted by molar-refractivity contribution is -0.317. The van der Waals surface area contributed by atoms with E-state index < -0.39 is 95.8 Å². The highest BCUT2D eigenvalue weighted by Gasteiger charge is 2.56. The molecule has 4 rings (SSSR count). The van der Waals surface area contributed by atoms with Gasteiger partial charge in [0.25, 0.3) is 0 Å². The molecule has 15 unspecified atom stereocenters. The second kappa shape index (κ2) is 16.1. The molecule has 51 heavy (non-hydrogen) atoms. The van der Waals surface area contributed by atoms with E-state index in [0.29, 0.717) is 18.6 Å². The zero-order valence-electron chi connectivity index (χ0n) is 33.1. The first-order chi connectivity index (χ1) is 23.6. The molecule has 0 saturated carbocycles. The van der Waals surface area contributed by atoms with E-state index in [1.165, 1.54) is 14.0 Å². The van der Waals surface area contributed by atoms with Gasteiger partial charge >= 0.3 is 5.97 Å². The lowest BCUT2D eigenvalue weighted by Gasteiger charge is -2.48. The molecule has 13 nitrogen and oxygen atoms in total. The number of aliphatic hydroxyl groups excluding tert-OH is 3. The molecule has 2 bridgehead atoms. The van der Waals surface area contributed by atoms with Crippen LogP contribution in [0, 0.1) is 17.8 Å². The van der Waals surface area contributed by atoms with E-state index >= 15 is 0 Å². The Balaban J connectivity index is 1.84. The van der Waals surface area contributed by atoms with Crippen molar-refractivity contribution in [2.24, 2.45) is 17.8 Å². The van der Waals surface area contributed by atoms with Crippen molar-refractivity contribution >= 4 is 5.97 Å². The third-order valence-electron chi connectivity index (χ3n) is 12.4. The van der Waals surface area contributed by atoms with Crippen LogP contribution >= 0.6 is 0 Å². The number of fused-ring (bicyclic) bond motifs is 2. The summed E-state index contributed by atoms with van der Waals surface area (Å²) in [5.41, 5.74) is -3.00. The molecule has 0 aromatic heterocycles. The van der Waals surface area contributed by atoms with Crippen LogP contribution in [0.5, 0.6) is 0 Å². The Bertz CT molecular complexity index is 1230. The normalized spacial score (nSPS) is 48.8. The first-order valence-electron chi connectivity index (χ1n) is 18.9. The maximum atomic E-state index is 14.1. The standard InChI is InChI=1S/C38H67NO12/c1-14-26-38(11,44)31(41)21(5)29-19(3)17-37(10,51-29)33(50-35-28(40)25(39(12)15-2)16-20(4)46-35)22(6)30(23(7)34(43)48-26)49-27-18-36(9,45-13)32(42)24(8)47-27/h20-28,30-33,35,40-42,44H,14-18H2,1-13H3/t20?,21?,22?,23?,24?,25?,26?,27?,28?,30?,31?,32?,33?,35?,36-,37?,38-/m1/s1. The van der Waals surface area contributed by atoms with Gasteiger partial charge in [-0.3, -0.25) is 4.79 Å². The molecule has 4 N–H and O–H groups in total. The number of cyclic esters (lactones) is 1. The van der Waals surface area contributed by atoms with Crippen molar-refractivity contribution in [2.75, 3.05) is 20.7 Å². The molecular weight excluding hydrogens is 662 g/mol. The van der Waals surface area contributed by atoms with Crippen molar-refractivity contribution in [3.05, 3.63) is 11.3 Å². The zero-order valence-corrected chi connectivity index (χ0v) is 33.1. The van der Waals surface area contributed by atoms with Crippen LogP contribution in [0.15, 0.2) is 11.3 Å². The Kier molecular flexibility index (Phi) is 13.4. The second-order valence-corrected chi connectivity index (χ2v) is 16.5. The topological polar surface area (TPSA) is 166 Å². The van der Waals surface area contributed by atoms with Crippen LogP contribution in [0.3, 0.4) is 0 Å². The van der Waals surface area contributed by atoms with Gasteiger partial charge in [0.2, 0.25) is 0 Å². The van der Waals surface area contributed by atoms with E-state index in [1.54, 1.807) is 34.6 Å². The molecule has 0 aliphatic carbocycles. The predicted octanol–water partition coefficient (Wildman–Crippen LogP) is 3.28. The predicted molar refractivity (Wildman–Crippen MR) is 188 cm³/mol. The summed E-state index contributed by atoms with van der Waals surface area (Å²) in [6, 6.07) is -0.221. The maximum absolute atomic E-state index is 14.1. The average Bonchev–Trinajstić information content (AvgIpc) is 3.40. The SMILES string of the molecule is CCC1OC(=O)C(C)C(OC2C[C@@](C)(OC)C(O)C(C)O2)C(C)C(OC2OC(C)CC(N(C)CC)C2O)C2(C)CC(C)=C(O2)C(C)C(O)[C@]1(C)O. The second-order valence-electron chi connectivity index (χ2n) is 16.5. The van der Waals surface area contributed by atoms with Crippen LogP contribution < -0.4 is 0 Å². The molecule has 0 radical (unpaired) electrons. The first kappa shape index (κ1) is 42.4. The summed E-state index contributed by atoms with van der Waals surface area (Å²) in [5.74, 6) is -2.31. The van der Waals surface area contributed by atoms with Gasteiger partial charge < -0.3 is 58.5 Å². The highest BCUT2D eigenvalue weighted by Crippen LogP contribution is 2.47. The van der Waals surface area contributed by atoms with Crippen molar-refractivity contribution in [3.63, 3.8) is 0 Å².